The Hall–Kier alpha value is -1.68. The van der Waals surface area contributed by atoms with E-state index in [2.05, 4.69) is 11.9 Å². The van der Waals surface area contributed by atoms with Crippen molar-refractivity contribution in [1.82, 2.24) is 4.98 Å². The standard InChI is InChI=1S/C14H16ClNO3/c1-3-6-10-14(18-4-2)19-13(16-10)12-9(15)7-5-8-11(12)17/h5,7-8,17H,3-4,6H2,1-2H3. The third-order valence-corrected chi connectivity index (χ3v) is 2.94. The maximum absolute atomic E-state index is 9.88. The molecule has 5 heteroatoms. The lowest BCUT2D eigenvalue weighted by Gasteiger charge is -2.02. The van der Waals surface area contributed by atoms with Crippen LogP contribution in [0.1, 0.15) is 26.0 Å². The van der Waals surface area contributed by atoms with E-state index in [-0.39, 0.29) is 11.6 Å². The lowest BCUT2D eigenvalue weighted by Crippen LogP contribution is -1.94. The smallest absolute Gasteiger partial charge is 0.308 e. The Labute approximate surface area is 117 Å². The van der Waals surface area contributed by atoms with E-state index in [0.29, 0.717) is 23.1 Å². The average molecular weight is 282 g/mol. The maximum Gasteiger partial charge on any atom is 0.308 e. The molecule has 1 N–H and O–H groups in total. The first-order valence-electron chi connectivity index (χ1n) is 6.27. The first-order valence-corrected chi connectivity index (χ1v) is 6.65. The first-order chi connectivity index (χ1) is 9.17. The number of phenols is 1. The zero-order valence-electron chi connectivity index (χ0n) is 10.9. The number of aromatic hydroxyl groups is 1. The number of aromatic nitrogens is 1. The quantitative estimate of drug-likeness (QED) is 0.898. The van der Waals surface area contributed by atoms with E-state index in [4.69, 9.17) is 20.8 Å². The van der Waals surface area contributed by atoms with Gasteiger partial charge in [-0.25, -0.2) is 4.98 Å². The van der Waals surface area contributed by atoms with Gasteiger partial charge < -0.3 is 14.3 Å². The van der Waals surface area contributed by atoms with Gasteiger partial charge in [0.1, 0.15) is 11.4 Å². The molecule has 1 aromatic carbocycles. The highest BCUT2D eigenvalue weighted by Gasteiger charge is 2.19. The van der Waals surface area contributed by atoms with E-state index >= 15 is 0 Å². The highest BCUT2D eigenvalue weighted by atomic mass is 35.5. The van der Waals surface area contributed by atoms with Gasteiger partial charge in [0.25, 0.3) is 0 Å². The average Bonchev–Trinajstić information content (AvgIpc) is 2.73. The Bertz CT molecular complexity index is 522. The number of aryl methyl sites for hydroxylation is 1. The van der Waals surface area contributed by atoms with Crippen molar-refractivity contribution in [2.45, 2.75) is 26.7 Å². The second-order valence-corrected chi connectivity index (χ2v) is 4.48. The van der Waals surface area contributed by atoms with Crippen molar-refractivity contribution in [3.63, 3.8) is 0 Å². The van der Waals surface area contributed by atoms with E-state index in [1.807, 2.05) is 6.92 Å². The molecule has 0 radical (unpaired) electrons. The summed E-state index contributed by atoms with van der Waals surface area (Å²) in [6.07, 6.45) is 1.69. The number of oxazole rings is 1. The molecule has 0 spiro atoms. The van der Waals surface area contributed by atoms with Crippen molar-refractivity contribution in [3.8, 4) is 23.1 Å². The molecule has 2 aromatic rings. The third kappa shape index (κ3) is 2.84. The van der Waals surface area contributed by atoms with Crippen LogP contribution in [0.2, 0.25) is 5.02 Å². The van der Waals surface area contributed by atoms with Gasteiger partial charge >= 0.3 is 5.95 Å². The van der Waals surface area contributed by atoms with Gasteiger partial charge in [0.05, 0.1) is 17.2 Å². The molecule has 0 bridgehead atoms. The molecule has 0 unspecified atom stereocenters. The fraction of sp³-hybridized carbons (Fsp3) is 0.357. The summed E-state index contributed by atoms with van der Waals surface area (Å²) in [7, 11) is 0. The molecule has 0 aliphatic rings. The summed E-state index contributed by atoms with van der Waals surface area (Å²) >= 11 is 6.08. The molecule has 0 amide bonds. The Morgan fingerprint density at radius 1 is 1.37 bits per heavy atom. The Morgan fingerprint density at radius 3 is 2.79 bits per heavy atom. The fourth-order valence-electron chi connectivity index (χ4n) is 1.81. The van der Waals surface area contributed by atoms with E-state index in [1.54, 1.807) is 18.2 Å². The van der Waals surface area contributed by atoms with Crippen molar-refractivity contribution >= 4 is 11.6 Å². The van der Waals surface area contributed by atoms with Crippen LogP contribution in [0.5, 0.6) is 11.7 Å². The number of hydrogen-bond donors (Lipinski definition) is 1. The Balaban J connectivity index is 2.48. The summed E-state index contributed by atoms with van der Waals surface area (Å²) in [4.78, 5) is 4.37. The molecule has 2 rings (SSSR count). The molecular weight excluding hydrogens is 266 g/mol. The predicted octanol–water partition coefficient (Wildman–Crippen LogP) is 4.05. The van der Waals surface area contributed by atoms with Gasteiger partial charge in [0.15, 0.2) is 0 Å². The Morgan fingerprint density at radius 2 is 2.16 bits per heavy atom. The van der Waals surface area contributed by atoms with Crippen LogP contribution in [-0.2, 0) is 6.42 Å². The number of rotatable bonds is 5. The topological polar surface area (TPSA) is 55.5 Å². The van der Waals surface area contributed by atoms with Gasteiger partial charge in [-0.3, -0.25) is 0 Å². The predicted molar refractivity (Wildman–Crippen MR) is 73.8 cm³/mol. The summed E-state index contributed by atoms with van der Waals surface area (Å²) in [6.45, 7) is 4.43. The van der Waals surface area contributed by atoms with Gasteiger partial charge in [-0.15, -0.1) is 0 Å². The molecule has 102 valence electrons. The lowest BCUT2D eigenvalue weighted by molar-refractivity contribution is 0.257. The summed E-state index contributed by atoms with van der Waals surface area (Å²) in [5.74, 6) is 0.730. The van der Waals surface area contributed by atoms with E-state index in [9.17, 15) is 5.11 Å². The molecule has 1 heterocycles. The molecule has 0 aliphatic carbocycles. The number of nitrogens with zero attached hydrogens (tertiary/aromatic N) is 1. The summed E-state index contributed by atoms with van der Waals surface area (Å²) in [5.41, 5.74) is 1.14. The van der Waals surface area contributed by atoms with Crippen LogP contribution in [0.4, 0.5) is 0 Å². The molecule has 0 saturated carbocycles. The highest BCUT2D eigenvalue weighted by molar-refractivity contribution is 6.33. The van der Waals surface area contributed by atoms with Crippen LogP contribution in [0.25, 0.3) is 11.5 Å². The van der Waals surface area contributed by atoms with Crippen molar-refractivity contribution in [3.05, 3.63) is 28.9 Å². The van der Waals surface area contributed by atoms with Gasteiger partial charge in [-0.05, 0) is 25.5 Å². The van der Waals surface area contributed by atoms with Gasteiger partial charge in [0.2, 0.25) is 5.89 Å². The molecule has 0 saturated heterocycles. The molecule has 0 atom stereocenters. The largest absolute Gasteiger partial charge is 0.507 e. The minimum absolute atomic E-state index is 0.0415. The minimum Gasteiger partial charge on any atom is -0.507 e. The second-order valence-electron chi connectivity index (χ2n) is 4.07. The van der Waals surface area contributed by atoms with Crippen LogP contribution in [0, 0.1) is 0 Å². The number of phenolic OH excluding ortho intramolecular Hbond substituents is 1. The van der Waals surface area contributed by atoms with E-state index < -0.39 is 0 Å². The third-order valence-electron chi connectivity index (χ3n) is 2.63. The highest BCUT2D eigenvalue weighted by Crippen LogP contribution is 2.38. The number of ether oxygens (including phenoxy) is 1. The summed E-state index contributed by atoms with van der Waals surface area (Å²) in [6, 6.07) is 4.90. The normalized spacial score (nSPS) is 10.7. The second kappa shape index (κ2) is 5.97. The molecule has 0 aliphatic heterocycles. The van der Waals surface area contributed by atoms with Crippen molar-refractivity contribution in [2.24, 2.45) is 0 Å². The molecular formula is C14H16ClNO3. The SMILES string of the molecule is CCCc1nc(-c2c(O)cccc2Cl)oc1OCC. The van der Waals surface area contributed by atoms with Crippen molar-refractivity contribution in [1.29, 1.82) is 0 Å². The van der Waals surface area contributed by atoms with Gasteiger partial charge in [-0.2, -0.15) is 0 Å². The minimum atomic E-state index is 0.0415. The number of hydrogen-bond acceptors (Lipinski definition) is 4. The van der Waals surface area contributed by atoms with E-state index in [1.165, 1.54) is 0 Å². The zero-order chi connectivity index (χ0) is 13.8. The molecule has 0 fully saturated rings. The van der Waals surface area contributed by atoms with Gasteiger partial charge in [-0.1, -0.05) is 31.0 Å². The van der Waals surface area contributed by atoms with Crippen LogP contribution in [0.15, 0.2) is 22.6 Å². The van der Waals surface area contributed by atoms with Crippen LogP contribution in [-0.4, -0.2) is 16.7 Å². The van der Waals surface area contributed by atoms with Crippen molar-refractivity contribution in [2.75, 3.05) is 6.61 Å². The first kappa shape index (κ1) is 13.7. The van der Waals surface area contributed by atoms with Crippen LogP contribution >= 0.6 is 11.6 Å². The summed E-state index contributed by atoms with van der Waals surface area (Å²) in [5, 5.41) is 10.3. The maximum atomic E-state index is 9.88. The van der Waals surface area contributed by atoms with Crippen LogP contribution in [0.3, 0.4) is 0 Å². The van der Waals surface area contributed by atoms with Crippen LogP contribution < -0.4 is 4.74 Å². The number of halogens is 1. The van der Waals surface area contributed by atoms with Crippen molar-refractivity contribution < 1.29 is 14.3 Å². The molecule has 1 aromatic heterocycles. The molecule has 19 heavy (non-hydrogen) atoms. The monoisotopic (exact) mass is 281 g/mol. The lowest BCUT2D eigenvalue weighted by atomic mass is 10.2. The summed E-state index contributed by atoms with van der Waals surface area (Å²) < 4.78 is 11.0. The van der Waals surface area contributed by atoms with Gasteiger partial charge in [0, 0.05) is 0 Å². The van der Waals surface area contributed by atoms with E-state index in [0.717, 1.165) is 18.5 Å². The fourth-order valence-corrected chi connectivity index (χ4v) is 2.06. The Kier molecular flexibility index (Phi) is 4.32. The number of benzene rings is 1. The zero-order valence-corrected chi connectivity index (χ0v) is 11.7. The molecule has 4 nitrogen and oxygen atoms in total.